The molecule has 0 aromatic carbocycles. The molecule has 116 valence electrons. The molecular weight excluding hydrogens is 270 g/mol. The lowest BCUT2D eigenvalue weighted by atomic mass is 9.99. The topological polar surface area (TPSA) is 64.4 Å². The first-order valence-corrected chi connectivity index (χ1v) is 7.28. The smallest absolute Gasteiger partial charge is 0.324 e. The number of aromatic nitrogens is 2. The Morgan fingerprint density at radius 1 is 1.52 bits per heavy atom. The standard InChI is InChI=1S/C15H23N3O3/c1-5-18-10-15(2,3)21-14(20)13(18)9-12(19)8-11-6-7-17(4)16-11/h6-7,13H,5,8-10H2,1-4H3. The van der Waals surface area contributed by atoms with Gasteiger partial charge in [0.15, 0.2) is 0 Å². The fraction of sp³-hybridized carbons (Fsp3) is 0.667. The number of esters is 1. The number of ether oxygens (including phenoxy) is 1. The third-order valence-electron chi connectivity index (χ3n) is 3.65. The summed E-state index contributed by atoms with van der Waals surface area (Å²) in [6.07, 6.45) is 2.24. The number of nitrogens with zero attached hydrogens (tertiary/aromatic N) is 3. The van der Waals surface area contributed by atoms with Gasteiger partial charge in [-0.2, -0.15) is 5.10 Å². The number of likely N-dealkylation sites (N-methyl/N-ethyl adjacent to an activating group) is 1. The van der Waals surface area contributed by atoms with Crippen molar-refractivity contribution in [2.24, 2.45) is 7.05 Å². The molecule has 2 rings (SSSR count). The largest absolute Gasteiger partial charge is 0.457 e. The summed E-state index contributed by atoms with van der Waals surface area (Å²) < 4.78 is 7.09. The molecule has 1 fully saturated rings. The highest BCUT2D eigenvalue weighted by Gasteiger charge is 2.40. The van der Waals surface area contributed by atoms with E-state index in [1.54, 1.807) is 10.9 Å². The Morgan fingerprint density at radius 3 is 2.81 bits per heavy atom. The number of rotatable bonds is 5. The van der Waals surface area contributed by atoms with Crippen molar-refractivity contribution in [3.05, 3.63) is 18.0 Å². The van der Waals surface area contributed by atoms with Gasteiger partial charge in [0.25, 0.3) is 0 Å². The molecule has 0 amide bonds. The second-order valence-corrected chi connectivity index (χ2v) is 6.16. The van der Waals surface area contributed by atoms with Crippen LogP contribution in [0.1, 0.15) is 32.9 Å². The van der Waals surface area contributed by atoms with Gasteiger partial charge in [0, 0.05) is 26.2 Å². The summed E-state index contributed by atoms with van der Waals surface area (Å²) in [5.74, 6) is -0.295. The lowest BCUT2D eigenvalue weighted by Gasteiger charge is -2.41. The second-order valence-electron chi connectivity index (χ2n) is 6.16. The highest BCUT2D eigenvalue weighted by Crippen LogP contribution is 2.23. The molecule has 1 aliphatic heterocycles. The van der Waals surface area contributed by atoms with Gasteiger partial charge in [-0.05, 0) is 26.5 Å². The van der Waals surface area contributed by atoms with Gasteiger partial charge in [-0.25, -0.2) is 0 Å². The highest BCUT2D eigenvalue weighted by atomic mass is 16.6. The summed E-state index contributed by atoms with van der Waals surface area (Å²) >= 11 is 0. The predicted octanol–water partition coefficient (Wildman–Crippen LogP) is 0.948. The van der Waals surface area contributed by atoms with Crippen molar-refractivity contribution in [2.75, 3.05) is 13.1 Å². The Labute approximate surface area is 125 Å². The molecule has 6 heteroatoms. The van der Waals surface area contributed by atoms with Gasteiger partial charge in [-0.1, -0.05) is 6.92 Å². The van der Waals surface area contributed by atoms with Crippen molar-refractivity contribution < 1.29 is 14.3 Å². The maximum Gasteiger partial charge on any atom is 0.324 e. The summed E-state index contributed by atoms with van der Waals surface area (Å²) in [6, 6.07) is 1.34. The molecule has 1 unspecified atom stereocenters. The van der Waals surface area contributed by atoms with E-state index in [2.05, 4.69) is 5.10 Å². The Bertz CT molecular complexity index is 536. The molecule has 6 nitrogen and oxygen atoms in total. The summed E-state index contributed by atoms with van der Waals surface area (Å²) in [6.45, 7) is 7.14. The van der Waals surface area contributed by atoms with Crippen LogP contribution in [0.3, 0.4) is 0 Å². The molecule has 1 saturated heterocycles. The minimum absolute atomic E-state index is 0.00815. The van der Waals surface area contributed by atoms with Crippen LogP contribution >= 0.6 is 0 Å². The summed E-state index contributed by atoms with van der Waals surface area (Å²) in [5.41, 5.74) is 0.239. The van der Waals surface area contributed by atoms with E-state index >= 15 is 0 Å². The van der Waals surface area contributed by atoms with Gasteiger partial charge >= 0.3 is 5.97 Å². The van der Waals surface area contributed by atoms with E-state index in [0.717, 1.165) is 12.2 Å². The Kier molecular flexibility index (Phi) is 4.46. The first-order chi connectivity index (χ1) is 9.80. The maximum atomic E-state index is 12.2. The van der Waals surface area contributed by atoms with Crippen LogP contribution in [0.25, 0.3) is 0 Å². The molecule has 0 bridgehead atoms. The molecule has 0 aliphatic carbocycles. The van der Waals surface area contributed by atoms with Crippen molar-refractivity contribution in [3.8, 4) is 0 Å². The average Bonchev–Trinajstić information content (AvgIpc) is 2.77. The van der Waals surface area contributed by atoms with E-state index in [9.17, 15) is 9.59 Å². The summed E-state index contributed by atoms with van der Waals surface area (Å²) in [7, 11) is 1.81. The highest BCUT2D eigenvalue weighted by molar-refractivity contribution is 5.88. The number of morpholine rings is 1. The molecule has 21 heavy (non-hydrogen) atoms. The molecule has 1 atom stereocenters. The molecule has 0 saturated carbocycles. The first kappa shape index (κ1) is 15.7. The van der Waals surface area contributed by atoms with E-state index in [-0.39, 0.29) is 24.6 Å². The zero-order valence-corrected chi connectivity index (χ0v) is 13.1. The molecule has 1 aliphatic rings. The van der Waals surface area contributed by atoms with E-state index in [1.807, 2.05) is 38.8 Å². The fourth-order valence-electron chi connectivity index (χ4n) is 2.71. The lowest BCUT2D eigenvalue weighted by Crippen LogP contribution is -2.57. The first-order valence-electron chi connectivity index (χ1n) is 7.28. The maximum absolute atomic E-state index is 12.2. The molecule has 0 spiro atoms. The van der Waals surface area contributed by atoms with Crippen LogP contribution in [0, 0.1) is 0 Å². The van der Waals surface area contributed by atoms with Crippen LogP contribution in [0.2, 0.25) is 0 Å². The Balaban J connectivity index is 2.00. The van der Waals surface area contributed by atoms with Crippen LogP contribution in [0.4, 0.5) is 0 Å². The van der Waals surface area contributed by atoms with Crippen LogP contribution in [-0.2, 0) is 27.8 Å². The SMILES string of the molecule is CCN1CC(C)(C)OC(=O)C1CC(=O)Cc1ccn(C)n1. The number of hydrogen-bond acceptors (Lipinski definition) is 5. The Morgan fingerprint density at radius 2 is 2.24 bits per heavy atom. The van der Waals surface area contributed by atoms with E-state index in [0.29, 0.717) is 6.54 Å². The molecule has 1 aromatic rings. The van der Waals surface area contributed by atoms with Crippen molar-refractivity contribution in [3.63, 3.8) is 0 Å². The number of cyclic esters (lactones) is 1. The van der Waals surface area contributed by atoms with Gasteiger partial charge in [0.1, 0.15) is 17.4 Å². The zero-order valence-electron chi connectivity index (χ0n) is 13.1. The average molecular weight is 293 g/mol. The van der Waals surface area contributed by atoms with Gasteiger partial charge in [0.2, 0.25) is 0 Å². The minimum Gasteiger partial charge on any atom is -0.457 e. The third-order valence-corrected chi connectivity index (χ3v) is 3.65. The van der Waals surface area contributed by atoms with Crippen molar-refractivity contribution in [1.29, 1.82) is 0 Å². The molecule has 2 heterocycles. The van der Waals surface area contributed by atoms with Crippen LogP contribution in [0.5, 0.6) is 0 Å². The fourth-order valence-corrected chi connectivity index (χ4v) is 2.71. The number of hydrogen-bond donors (Lipinski definition) is 0. The lowest BCUT2D eigenvalue weighted by molar-refractivity contribution is -0.178. The van der Waals surface area contributed by atoms with E-state index in [1.165, 1.54) is 0 Å². The summed E-state index contributed by atoms with van der Waals surface area (Å²) in [5, 5.41) is 4.19. The molecular formula is C15H23N3O3. The quantitative estimate of drug-likeness (QED) is 0.756. The van der Waals surface area contributed by atoms with E-state index < -0.39 is 11.6 Å². The molecule has 0 N–H and O–H groups in total. The number of carbonyl (C=O) groups is 2. The minimum atomic E-state index is -0.492. The summed E-state index contributed by atoms with van der Waals surface area (Å²) in [4.78, 5) is 26.3. The van der Waals surface area contributed by atoms with Gasteiger partial charge in [0.05, 0.1) is 12.1 Å². The van der Waals surface area contributed by atoms with E-state index in [4.69, 9.17) is 4.74 Å². The number of ketones is 1. The van der Waals surface area contributed by atoms with Gasteiger partial charge < -0.3 is 4.74 Å². The van der Waals surface area contributed by atoms with Crippen LogP contribution < -0.4 is 0 Å². The monoisotopic (exact) mass is 293 g/mol. The van der Waals surface area contributed by atoms with Gasteiger partial charge in [-0.3, -0.25) is 19.2 Å². The second kappa shape index (κ2) is 5.97. The normalized spacial score (nSPS) is 22.1. The van der Waals surface area contributed by atoms with Crippen molar-refractivity contribution >= 4 is 11.8 Å². The van der Waals surface area contributed by atoms with Gasteiger partial charge in [-0.15, -0.1) is 0 Å². The number of aryl methyl sites for hydroxylation is 1. The molecule has 1 aromatic heterocycles. The predicted molar refractivity (Wildman–Crippen MR) is 77.7 cm³/mol. The Hall–Kier alpha value is -1.69. The third kappa shape index (κ3) is 3.91. The van der Waals surface area contributed by atoms with Crippen LogP contribution in [-0.4, -0.2) is 51.2 Å². The zero-order chi connectivity index (χ0) is 15.6. The number of Topliss-reactive ketones (excluding diaryl/α,β-unsaturated/α-hetero) is 1. The molecule has 0 radical (unpaired) electrons. The number of carbonyl (C=O) groups excluding carboxylic acids is 2. The van der Waals surface area contributed by atoms with Crippen LogP contribution in [0.15, 0.2) is 12.3 Å². The van der Waals surface area contributed by atoms with Crippen molar-refractivity contribution in [1.82, 2.24) is 14.7 Å². The van der Waals surface area contributed by atoms with Crippen molar-refractivity contribution in [2.45, 2.75) is 45.3 Å².